The first kappa shape index (κ1) is 2.33. The molecule has 0 aliphatic carbocycles. The standard InChI is InChI=1S/C14H16Si/c1-15(2,13-9-5-3-6-10-13)14-11-7-4-8-12-14/h3-12H,1-2H3/i1D3,2D3,3D,4D,5D,6D,7D,8D,9D,10D,11D,12D. The van der Waals surface area contributed by atoms with Crippen LogP contribution in [0.1, 0.15) is 21.9 Å². The molecule has 1 heteroatoms. The Hall–Kier alpha value is -1.34. The van der Waals surface area contributed by atoms with Crippen molar-refractivity contribution in [3.8, 4) is 0 Å². The maximum absolute atomic E-state index is 8.20. The zero-order valence-corrected chi connectivity index (χ0v) is 8.50. The molecule has 0 N–H and O–H groups in total. The molecule has 0 bridgehead atoms. The van der Waals surface area contributed by atoms with Gasteiger partial charge >= 0.3 is 0 Å². The predicted octanol–water partition coefficient (Wildman–Crippen LogP) is 2.51. The molecule has 0 nitrogen and oxygen atoms in total. The zero-order valence-electron chi connectivity index (χ0n) is 23.5. The molecule has 2 rings (SSSR count). The minimum absolute atomic E-state index is 0.890. The first-order valence-corrected chi connectivity index (χ1v) is 6.00. The van der Waals surface area contributed by atoms with Crippen molar-refractivity contribution in [2.24, 2.45) is 0 Å². The van der Waals surface area contributed by atoms with Crippen molar-refractivity contribution in [3.05, 3.63) is 60.4 Å². The van der Waals surface area contributed by atoms with E-state index in [0.717, 1.165) is 0 Å². The highest BCUT2D eigenvalue weighted by molar-refractivity contribution is 7.00. The fourth-order valence-corrected chi connectivity index (χ4v) is 2.25. The summed E-state index contributed by atoms with van der Waals surface area (Å²) in [7, 11) is -5.70. The topological polar surface area (TPSA) is 0 Å². The van der Waals surface area contributed by atoms with Gasteiger partial charge in [0, 0.05) is 8.22 Å². The zero-order chi connectivity index (χ0) is 24.4. The van der Waals surface area contributed by atoms with E-state index in [2.05, 4.69) is 0 Å². The SMILES string of the molecule is [2H]c1c([2H])c([2H])c([Si](c2c([2H])c([2H])c([2H])c([2H])c2[2H])(C([2H])([2H])[2H])C([2H])([2H])[2H])c([2H])c1[2H]. The van der Waals surface area contributed by atoms with Crippen LogP contribution in [0.2, 0.25) is 13.0 Å². The van der Waals surface area contributed by atoms with Crippen LogP contribution in [0.5, 0.6) is 0 Å². The third-order valence-corrected chi connectivity index (χ3v) is 3.75. The maximum atomic E-state index is 8.20. The minimum atomic E-state index is -5.70. The van der Waals surface area contributed by atoms with E-state index in [4.69, 9.17) is 21.9 Å². The van der Waals surface area contributed by atoms with Gasteiger partial charge in [0.15, 0.2) is 0 Å². The largest absolute Gasteiger partial charge is 0.112 e. The minimum Gasteiger partial charge on any atom is -0.0626 e. The van der Waals surface area contributed by atoms with E-state index in [1.54, 1.807) is 0 Å². The lowest BCUT2D eigenvalue weighted by atomic mass is 10.4. The molecule has 2 aromatic rings. The van der Waals surface area contributed by atoms with Crippen LogP contribution in [0.15, 0.2) is 60.4 Å². The van der Waals surface area contributed by atoms with Crippen LogP contribution < -0.4 is 10.4 Å². The fraction of sp³-hybridized carbons (Fsp3) is 0.143. The lowest BCUT2D eigenvalue weighted by molar-refractivity contribution is 1.67. The highest BCUT2D eigenvalue weighted by Gasteiger charge is 2.24. The summed E-state index contributed by atoms with van der Waals surface area (Å²) < 4.78 is 128. The van der Waals surface area contributed by atoms with Crippen LogP contribution in [-0.4, -0.2) is 8.07 Å². The van der Waals surface area contributed by atoms with Crippen LogP contribution in [0.25, 0.3) is 0 Å². The van der Waals surface area contributed by atoms with Crippen LogP contribution in [0, 0.1) is 0 Å². The van der Waals surface area contributed by atoms with Crippen molar-refractivity contribution >= 4 is 18.4 Å². The van der Waals surface area contributed by atoms with Gasteiger partial charge in [0.25, 0.3) is 0 Å². The van der Waals surface area contributed by atoms with Crippen molar-refractivity contribution in [2.75, 3.05) is 0 Å². The first-order chi connectivity index (χ1) is 13.9. The van der Waals surface area contributed by atoms with Gasteiger partial charge < -0.3 is 0 Å². The second-order valence-corrected chi connectivity index (χ2v) is 5.25. The summed E-state index contributed by atoms with van der Waals surface area (Å²) in [5, 5.41) is -2.12. The molecule has 0 spiro atoms. The van der Waals surface area contributed by atoms with Gasteiger partial charge in [-0.2, -0.15) is 0 Å². The molecular weight excluding hydrogens is 196 g/mol. The van der Waals surface area contributed by atoms with Gasteiger partial charge in [-0.1, -0.05) is 83.7 Å². The Kier molecular flexibility index (Phi) is 0.625. The molecule has 0 unspecified atom stereocenters. The van der Waals surface area contributed by atoms with Gasteiger partial charge in [0.05, 0.1) is 13.7 Å². The van der Waals surface area contributed by atoms with E-state index in [1.165, 1.54) is 0 Å². The Labute approximate surface area is 115 Å². The Morgan fingerprint density at radius 1 is 0.800 bits per heavy atom. The molecule has 76 valence electrons. The molecule has 0 aliphatic rings. The lowest BCUT2D eigenvalue weighted by Gasteiger charge is -2.23. The second kappa shape index (κ2) is 4.03. The average molecular weight is 228 g/mol. The van der Waals surface area contributed by atoms with E-state index in [9.17, 15) is 0 Å². The molecule has 0 amide bonds. The summed E-state index contributed by atoms with van der Waals surface area (Å²) >= 11 is 0. The van der Waals surface area contributed by atoms with E-state index < -0.39 is 91.8 Å². The maximum Gasteiger partial charge on any atom is 0.112 e. The Morgan fingerprint density at radius 2 is 1.20 bits per heavy atom. The third-order valence-electron chi connectivity index (χ3n) is 1.75. The molecule has 0 saturated heterocycles. The number of hydrogen-bond donors (Lipinski definition) is 0. The second-order valence-electron chi connectivity index (χ2n) is 2.75. The third kappa shape index (κ3) is 2.02. The van der Waals surface area contributed by atoms with E-state index in [-0.39, 0.29) is 0 Å². The lowest BCUT2D eigenvalue weighted by Crippen LogP contribution is -2.52. The Balaban J connectivity index is 3.41. The highest BCUT2D eigenvalue weighted by atomic mass is 28.3. The van der Waals surface area contributed by atoms with E-state index in [0.29, 0.717) is 0 Å². The van der Waals surface area contributed by atoms with Crippen LogP contribution in [-0.2, 0) is 0 Å². The average Bonchev–Trinajstić information content (AvgIpc) is 2.64. The quantitative estimate of drug-likeness (QED) is 0.693. The predicted molar refractivity (Wildman–Crippen MR) is 69.6 cm³/mol. The summed E-state index contributed by atoms with van der Waals surface area (Å²) in [5.74, 6) is 0. The molecule has 0 fully saturated rings. The summed E-state index contributed by atoms with van der Waals surface area (Å²) in [6.45, 7) is -7.17. The summed E-state index contributed by atoms with van der Waals surface area (Å²) in [6, 6.07) is -10.1. The normalized spacial score (nSPS) is 28.3. The number of hydrogen-bond acceptors (Lipinski definition) is 0. The summed E-state index contributed by atoms with van der Waals surface area (Å²) in [6.07, 6.45) is 0. The molecular formula is C14H16Si. The highest BCUT2D eigenvalue weighted by Crippen LogP contribution is 2.03. The molecule has 2 aromatic carbocycles. The van der Waals surface area contributed by atoms with Crippen molar-refractivity contribution in [2.45, 2.75) is 13.0 Å². The van der Waals surface area contributed by atoms with Gasteiger partial charge in [0.1, 0.15) is 8.07 Å². The van der Waals surface area contributed by atoms with Gasteiger partial charge in [-0.3, -0.25) is 0 Å². The molecule has 0 heterocycles. The van der Waals surface area contributed by atoms with Gasteiger partial charge in [-0.05, 0) is 0 Å². The molecule has 0 saturated carbocycles. The van der Waals surface area contributed by atoms with Crippen molar-refractivity contribution < 1.29 is 21.9 Å². The molecule has 0 aliphatic heterocycles. The molecule has 15 heavy (non-hydrogen) atoms. The Morgan fingerprint density at radius 3 is 1.53 bits per heavy atom. The van der Waals surface area contributed by atoms with Crippen LogP contribution in [0.3, 0.4) is 0 Å². The number of rotatable bonds is 2. The van der Waals surface area contributed by atoms with Crippen molar-refractivity contribution in [1.29, 1.82) is 0 Å². The van der Waals surface area contributed by atoms with Crippen LogP contribution >= 0.6 is 0 Å². The monoisotopic (exact) mass is 228 g/mol. The van der Waals surface area contributed by atoms with Gasteiger partial charge in [0.2, 0.25) is 0 Å². The number of benzene rings is 2. The summed E-state index contributed by atoms with van der Waals surface area (Å²) in [4.78, 5) is 0. The molecule has 0 atom stereocenters. The fourth-order valence-electron chi connectivity index (χ4n) is 1.00. The van der Waals surface area contributed by atoms with Crippen molar-refractivity contribution in [1.82, 2.24) is 0 Å². The van der Waals surface area contributed by atoms with E-state index in [1.807, 2.05) is 0 Å². The smallest absolute Gasteiger partial charge is 0.0626 e. The van der Waals surface area contributed by atoms with E-state index >= 15 is 0 Å². The molecule has 0 radical (unpaired) electrons. The van der Waals surface area contributed by atoms with Gasteiger partial charge in [-0.15, -0.1) is 0 Å². The van der Waals surface area contributed by atoms with Crippen molar-refractivity contribution in [3.63, 3.8) is 0 Å². The molecule has 0 aromatic heterocycles. The van der Waals surface area contributed by atoms with Crippen LogP contribution in [0.4, 0.5) is 0 Å². The van der Waals surface area contributed by atoms with Gasteiger partial charge in [-0.25, -0.2) is 0 Å². The Bertz CT molecular complexity index is 922. The first-order valence-electron chi connectivity index (χ1n) is 12.0. The summed E-state index contributed by atoms with van der Waals surface area (Å²) in [5.41, 5.74) is 0.